The van der Waals surface area contributed by atoms with E-state index < -0.39 is 44.7 Å². The lowest BCUT2D eigenvalue weighted by Gasteiger charge is -2.38. The molecule has 1 aliphatic heterocycles. The van der Waals surface area contributed by atoms with Gasteiger partial charge in [0.05, 0.1) is 89.5 Å². The molecule has 139 heavy (non-hydrogen) atoms. The maximum absolute atomic E-state index is 13.2. The number of nitrogens with one attached hydrogen (secondary N) is 5. The summed E-state index contributed by atoms with van der Waals surface area (Å²) < 4.78 is 104. The number of hydrogen-bond acceptors (Lipinski definition) is 33. The van der Waals surface area contributed by atoms with Crippen molar-refractivity contribution < 1.29 is 62.6 Å². The lowest BCUT2D eigenvalue weighted by Crippen LogP contribution is -2.60. The van der Waals surface area contributed by atoms with Crippen molar-refractivity contribution in [2.24, 2.45) is 0 Å². The number of benzene rings is 5. The van der Waals surface area contributed by atoms with Crippen molar-refractivity contribution in [2.45, 2.75) is 172 Å². The van der Waals surface area contributed by atoms with Crippen LogP contribution in [-0.4, -0.2) is 170 Å². The molecule has 11 heterocycles. The molecule has 1 saturated heterocycles. The van der Waals surface area contributed by atoms with Crippen LogP contribution in [-0.2, 0) is 63.6 Å². The number of sulfonamides is 1. The molecule has 5 amide bonds. The fraction of sp³-hybridized carbons (Fsp3) is 0.305. The van der Waals surface area contributed by atoms with Crippen LogP contribution in [0, 0.1) is 83.1 Å². The third-order valence-corrected chi connectivity index (χ3v) is 37.3. The topological polar surface area (TPSA) is 536 Å². The van der Waals surface area contributed by atoms with E-state index in [-0.39, 0.29) is 81.7 Å². The van der Waals surface area contributed by atoms with E-state index in [9.17, 15) is 57.8 Å². The van der Waals surface area contributed by atoms with Gasteiger partial charge in [0.25, 0.3) is 29.5 Å². The quantitative estimate of drug-likeness (QED) is 0.0282. The molecular formula is C95H104FN21O13S9. The number of sulfone groups is 2. The fourth-order valence-electron chi connectivity index (χ4n) is 15.7. The van der Waals surface area contributed by atoms with E-state index in [0.717, 1.165) is 149 Å². The number of aromatic nitrogens is 10. The number of carbonyl (C=O) groups excluding carboxylic acids is 5. The highest BCUT2D eigenvalue weighted by molar-refractivity contribution is 8.00. The molecule has 18 rings (SSSR count). The van der Waals surface area contributed by atoms with Gasteiger partial charge < -0.3 is 60.0 Å². The predicted octanol–water partition coefficient (Wildman–Crippen LogP) is 13.8. The van der Waals surface area contributed by atoms with Gasteiger partial charge in [-0.15, -0.1) is 82.2 Å². The lowest BCUT2D eigenvalue weighted by atomic mass is 10.1. The van der Waals surface area contributed by atoms with Crippen molar-refractivity contribution in [1.82, 2.24) is 81.9 Å². The molecule has 4 atom stereocenters. The Bertz CT molecular complexity index is 7920. The van der Waals surface area contributed by atoms with E-state index in [4.69, 9.17) is 33.4 Å². The summed E-state index contributed by atoms with van der Waals surface area (Å²) in [6.45, 7) is 25.1. The van der Waals surface area contributed by atoms with Gasteiger partial charge in [0, 0.05) is 84.1 Å². The van der Waals surface area contributed by atoms with Crippen LogP contribution < -0.4 is 60.0 Å². The molecule has 34 nitrogen and oxygen atoms in total. The van der Waals surface area contributed by atoms with Gasteiger partial charge in [-0.2, -0.15) is 29.8 Å². The largest absolute Gasteiger partial charge is 0.496 e. The van der Waals surface area contributed by atoms with Gasteiger partial charge in [-0.05, 0) is 234 Å². The number of aryl methyl sites for hydroxylation is 12. The number of nitrogen functional groups attached to an aromatic ring is 5. The molecule has 3 aliphatic rings. The van der Waals surface area contributed by atoms with Gasteiger partial charge in [-0.3, -0.25) is 28.2 Å². The molecule has 0 bridgehead atoms. The second kappa shape index (κ2) is 40.6. The molecule has 15 N–H and O–H groups in total. The van der Waals surface area contributed by atoms with Crippen LogP contribution in [0.25, 0.3) is 51.1 Å². The number of fused-ring (bicyclic) bond motifs is 5. The van der Waals surface area contributed by atoms with E-state index >= 15 is 0 Å². The minimum Gasteiger partial charge on any atom is -0.496 e. The predicted molar refractivity (Wildman–Crippen MR) is 550 cm³/mol. The van der Waals surface area contributed by atoms with Crippen LogP contribution in [0.15, 0.2) is 130 Å². The van der Waals surface area contributed by atoms with Gasteiger partial charge in [0.2, 0.25) is 25.4 Å². The molecule has 0 radical (unpaired) electrons. The summed E-state index contributed by atoms with van der Waals surface area (Å²) in [5.74, 6) is 3.58. The molecule has 728 valence electrons. The van der Waals surface area contributed by atoms with E-state index in [1.165, 1.54) is 91.5 Å². The summed E-state index contributed by atoms with van der Waals surface area (Å²) in [4.78, 5) is 69.1. The first-order valence-electron chi connectivity index (χ1n) is 43.5. The van der Waals surface area contributed by atoms with Gasteiger partial charge in [-0.25, -0.2) is 29.6 Å². The second-order valence-corrected chi connectivity index (χ2v) is 48.5. The van der Waals surface area contributed by atoms with Gasteiger partial charge in [0.1, 0.15) is 54.3 Å². The summed E-state index contributed by atoms with van der Waals surface area (Å²) in [6.07, 6.45) is 5.55. The van der Waals surface area contributed by atoms with Crippen LogP contribution in [0.5, 0.6) is 5.75 Å². The number of carbonyl (C=O) groups is 5. The fourth-order valence-corrected chi connectivity index (χ4v) is 25.5. The standard InChI is InChI=1S/C21H24N4O2S2.C19H21N5O3S2.C19H20N4O3S2.C18H19FN4O3S2.C18H20N4O2S/c1-12-13(2)24-25-20-16(12)17(22)18(28-20)19(26)23-11-14-5-7-15(8-6-14)21(9-10-21)29(3,4)27;1-10-5-4-6-14(7-10)29(26,27)24-8-13(9-24)21-18(25)17-16(20)15-11(2)12(3)22-23-19(15)28-17;1-9-10(2)22-23-19-15(9)16(20)17(27-19)18(24)21-14-8-13(14)11-4-6-12(7-5-11)28(3,25)26;1-9-10(2)22-23-18-14(9)15(20)16(27-18)17(24)21-8-12-4-6-13(7-5-12)28(25,26)11(3)19;1-9-7-12(5-6-13(9)24-4)8-20-17(23)16-15(19)14-10(2)11(3)21-22-18(14)25-16/h5-8H,3,9-11,22H2,1-2,4H3,(H,23,26);4-7,13H,8-9,20H2,1-3H3,(H,21,25);4-7,13-14H,8,20H2,1-3H3,(H,21,24);4-7,11H,8,20H2,1-3H3,(H,21,24);5-7H,8,19H2,1-4H3,(H,20,23)/t;;13-,14+;;/m..1../s1. The van der Waals surface area contributed by atoms with Crippen molar-refractivity contribution in [2.75, 3.05) is 61.4 Å². The number of alkyl halides is 1. The molecule has 5 aromatic carbocycles. The summed E-state index contributed by atoms with van der Waals surface area (Å²) in [6, 6.07) is 32.8. The first-order chi connectivity index (χ1) is 65.5. The normalized spacial score (nSPS) is 15.1. The van der Waals surface area contributed by atoms with E-state index in [1.807, 2.05) is 144 Å². The van der Waals surface area contributed by atoms with Crippen molar-refractivity contribution in [3.63, 3.8) is 0 Å². The monoisotopic (exact) mass is 2050 g/mol. The Balaban J connectivity index is 0.000000139. The van der Waals surface area contributed by atoms with Gasteiger partial charge >= 0.3 is 0 Å². The molecule has 0 spiro atoms. The maximum Gasteiger partial charge on any atom is 0.263 e. The zero-order chi connectivity index (χ0) is 101. The summed E-state index contributed by atoms with van der Waals surface area (Å²) >= 11 is 6.14. The SMILES string of the molecule is C=S(C)(=O)C1(c2ccc(CNC(=O)c3sc4nnc(C)c(C)c4c3N)cc2)CC1.COc1ccc(CNC(=O)c2sc3nnc(C)c(C)c3c2N)cc1C.Cc1cccc(S(=O)(=O)N2CC(NC(=O)c3sc4nnc(C)c(C)c4c3N)C2)c1.Cc1nnc2sc(C(=O)NCc3ccc(S(=O)(=O)C(C)F)cc3)c(N)c2c1C.Cc1nnc2sc(C(=O)N[C@H]3C[C@@H]3c3ccc(S(C)(=O)=O)cc3)c(N)c2c1C. The Morgan fingerprint density at radius 2 is 0.813 bits per heavy atom. The molecule has 2 unspecified atom stereocenters. The number of nitrogens with zero attached hydrogens (tertiary/aromatic N) is 11. The van der Waals surface area contributed by atoms with E-state index in [2.05, 4.69) is 83.4 Å². The van der Waals surface area contributed by atoms with Crippen molar-refractivity contribution in [3.05, 3.63) is 235 Å². The molecule has 15 aromatic rings. The lowest BCUT2D eigenvalue weighted by molar-refractivity contribution is 0.0897. The minimum absolute atomic E-state index is 0.00936. The second-order valence-electron chi connectivity index (χ2n) is 34.5. The smallest absolute Gasteiger partial charge is 0.263 e. The number of anilines is 5. The zero-order valence-electron chi connectivity index (χ0n) is 78.8. The molecular weight excluding hydrogens is 1950 g/mol. The van der Waals surface area contributed by atoms with Crippen LogP contribution in [0.1, 0.15) is 176 Å². The molecule has 3 fully saturated rings. The number of nitrogens with two attached hydrogens (primary N) is 5. The number of amides is 5. The van der Waals surface area contributed by atoms with Gasteiger partial charge in [0.15, 0.2) is 9.84 Å². The maximum atomic E-state index is 13.2. The van der Waals surface area contributed by atoms with Crippen LogP contribution in [0.3, 0.4) is 0 Å². The number of halogens is 1. The van der Waals surface area contributed by atoms with E-state index in [1.54, 1.807) is 43.7 Å². The number of thiophene rings is 5. The Morgan fingerprint density at radius 1 is 0.460 bits per heavy atom. The summed E-state index contributed by atoms with van der Waals surface area (Å²) in [5.41, 5.74) is 46.4. The summed E-state index contributed by atoms with van der Waals surface area (Å²) in [7, 11) is -11.2. The summed E-state index contributed by atoms with van der Waals surface area (Å²) in [5, 5.41) is 59.5. The molecule has 10 aromatic heterocycles. The highest BCUT2D eigenvalue weighted by Gasteiger charge is 2.50. The Kier molecular flexibility index (Phi) is 29.8. The zero-order valence-corrected chi connectivity index (χ0v) is 86.2. The average molecular weight is 2060 g/mol. The average Bonchev–Trinajstić information content (AvgIpc) is 1.57. The Morgan fingerprint density at radius 3 is 1.16 bits per heavy atom. The Labute approximate surface area is 822 Å². The molecule has 2 saturated carbocycles. The number of methoxy groups -OCH3 is 1. The third kappa shape index (κ3) is 21.4. The minimum atomic E-state index is -3.98. The highest BCUT2D eigenvalue weighted by atomic mass is 32.2. The first-order valence-corrected chi connectivity index (χ1v) is 54.6. The number of ether oxygens (including phenoxy) is 1. The van der Waals surface area contributed by atoms with Crippen molar-refractivity contribution in [1.29, 1.82) is 0 Å². The number of rotatable bonds is 22. The van der Waals surface area contributed by atoms with Crippen molar-refractivity contribution in [3.8, 4) is 5.75 Å². The van der Waals surface area contributed by atoms with Gasteiger partial charge in [-0.1, -0.05) is 72.8 Å². The van der Waals surface area contributed by atoms with E-state index in [0.29, 0.717) is 101 Å². The third-order valence-electron chi connectivity index (χ3n) is 24.9. The first kappa shape index (κ1) is 102. The van der Waals surface area contributed by atoms with Crippen LogP contribution >= 0.6 is 56.7 Å². The Hall–Kier alpha value is -12.8. The molecule has 44 heteroatoms. The molecule has 2 aliphatic carbocycles. The van der Waals surface area contributed by atoms with Crippen LogP contribution in [0.2, 0.25) is 0 Å². The number of hydrogen-bond donors (Lipinski definition) is 10. The van der Waals surface area contributed by atoms with Crippen LogP contribution in [0.4, 0.5) is 32.8 Å². The highest BCUT2D eigenvalue weighted by Crippen LogP contribution is 2.53. The van der Waals surface area contributed by atoms with Crippen molar-refractivity contribution >= 4 is 211 Å².